The smallest absolute Gasteiger partial charge is 0.335 e. The molecule has 0 spiro atoms. The van der Waals surface area contributed by atoms with E-state index in [1.54, 1.807) is 12.1 Å². The van der Waals surface area contributed by atoms with E-state index in [1.165, 1.54) is 12.1 Å². The fraction of sp³-hybridized carbons (Fsp3) is 0.438. The van der Waals surface area contributed by atoms with Gasteiger partial charge in [-0.15, -0.1) is 12.4 Å². The standard InChI is InChI=1S/C16H21N3O4.ClH/c17-16(18)19-9-10-4-6-11(7-5-10)15(22)23-13-3-1-2-12(8-13)14(20)21;/h1-3,8,10-11H,4-7,9H2,(H,20,21)(H4,17,18,19);1H/t10-,11-;. The van der Waals surface area contributed by atoms with E-state index in [-0.39, 0.29) is 41.6 Å². The van der Waals surface area contributed by atoms with Gasteiger partial charge >= 0.3 is 11.9 Å². The van der Waals surface area contributed by atoms with E-state index < -0.39 is 5.97 Å². The van der Waals surface area contributed by atoms with Gasteiger partial charge in [-0.1, -0.05) is 6.07 Å². The van der Waals surface area contributed by atoms with E-state index in [4.69, 9.17) is 21.0 Å². The molecule has 0 saturated heterocycles. The molecule has 1 aliphatic rings. The number of ether oxygens (including phenoxy) is 1. The largest absolute Gasteiger partial charge is 0.478 e. The van der Waals surface area contributed by atoms with E-state index in [0.717, 1.165) is 25.7 Å². The molecule has 1 aromatic rings. The van der Waals surface area contributed by atoms with Crippen molar-refractivity contribution in [2.45, 2.75) is 25.7 Å². The van der Waals surface area contributed by atoms with Crippen LogP contribution in [0.5, 0.6) is 5.75 Å². The highest BCUT2D eigenvalue weighted by atomic mass is 35.5. The Morgan fingerprint density at radius 3 is 2.54 bits per heavy atom. The third-order valence-electron chi connectivity index (χ3n) is 4.06. The van der Waals surface area contributed by atoms with Crippen LogP contribution in [0.15, 0.2) is 24.3 Å². The highest BCUT2D eigenvalue weighted by molar-refractivity contribution is 5.88. The third-order valence-corrected chi connectivity index (χ3v) is 4.06. The summed E-state index contributed by atoms with van der Waals surface area (Å²) in [7, 11) is 0. The molecule has 132 valence electrons. The van der Waals surface area contributed by atoms with E-state index in [2.05, 4.69) is 5.32 Å². The minimum Gasteiger partial charge on any atom is -0.478 e. The summed E-state index contributed by atoms with van der Waals surface area (Å²) in [5.74, 6) is -0.914. The summed E-state index contributed by atoms with van der Waals surface area (Å²) in [6.45, 7) is 0.651. The average Bonchev–Trinajstić information content (AvgIpc) is 2.53. The predicted molar refractivity (Wildman–Crippen MR) is 91.6 cm³/mol. The first kappa shape index (κ1) is 19.8. The SMILES string of the molecule is Cl.N=C(N)NC[C@H]1CC[C@H](C(=O)Oc2cccc(C(=O)O)c2)CC1. The topological polar surface area (TPSA) is 126 Å². The van der Waals surface area contributed by atoms with E-state index in [9.17, 15) is 9.59 Å². The molecule has 1 fully saturated rings. The molecule has 5 N–H and O–H groups in total. The normalized spacial score (nSPS) is 19.7. The maximum atomic E-state index is 12.2. The van der Waals surface area contributed by atoms with Crippen LogP contribution < -0.4 is 15.8 Å². The molecule has 1 saturated carbocycles. The Hall–Kier alpha value is -2.28. The Labute approximate surface area is 146 Å². The minimum atomic E-state index is -1.05. The lowest BCUT2D eigenvalue weighted by atomic mass is 9.82. The molecule has 0 bridgehead atoms. The molecule has 0 heterocycles. The van der Waals surface area contributed by atoms with E-state index in [1.807, 2.05) is 0 Å². The van der Waals surface area contributed by atoms with Crippen molar-refractivity contribution in [3.8, 4) is 5.75 Å². The first-order valence-corrected chi connectivity index (χ1v) is 7.58. The van der Waals surface area contributed by atoms with Gasteiger partial charge in [-0.25, -0.2) is 4.79 Å². The van der Waals surface area contributed by atoms with Gasteiger partial charge in [-0.2, -0.15) is 0 Å². The Morgan fingerprint density at radius 1 is 1.29 bits per heavy atom. The second-order valence-corrected chi connectivity index (χ2v) is 5.77. The molecule has 24 heavy (non-hydrogen) atoms. The molecule has 0 radical (unpaired) electrons. The summed E-state index contributed by atoms with van der Waals surface area (Å²) in [6, 6.07) is 5.93. The van der Waals surface area contributed by atoms with Crippen molar-refractivity contribution in [1.29, 1.82) is 5.41 Å². The Balaban J connectivity index is 0.00000288. The number of carbonyl (C=O) groups is 2. The van der Waals surface area contributed by atoms with Crippen LogP contribution in [0.4, 0.5) is 0 Å². The molecule has 0 aliphatic heterocycles. The number of halogens is 1. The summed E-state index contributed by atoms with van der Waals surface area (Å²) in [5.41, 5.74) is 5.35. The average molecular weight is 356 g/mol. The minimum absolute atomic E-state index is 0. The van der Waals surface area contributed by atoms with Gasteiger partial charge in [0.1, 0.15) is 5.75 Å². The van der Waals surface area contributed by atoms with Gasteiger partial charge in [-0.05, 0) is 49.8 Å². The van der Waals surface area contributed by atoms with Crippen LogP contribution in [0.1, 0.15) is 36.0 Å². The Kier molecular flexibility index (Phi) is 7.51. The maximum Gasteiger partial charge on any atom is 0.335 e. The molecule has 1 aromatic carbocycles. The third kappa shape index (κ3) is 5.73. The van der Waals surface area contributed by atoms with Gasteiger partial charge in [-0.3, -0.25) is 10.2 Å². The number of nitrogens with one attached hydrogen (secondary N) is 2. The predicted octanol–water partition coefficient (Wildman–Crippen LogP) is 2.00. The quantitative estimate of drug-likeness (QED) is 0.277. The lowest BCUT2D eigenvalue weighted by Crippen LogP contribution is -2.36. The number of nitrogens with two attached hydrogens (primary N) is 1. The second kappa shape index (κ2) is 9.12. The zero-order valence-electron chi connectivity index (χ0n) is 13.2. The second-order valence-electron chi connectivity index (χ2n) is 5.77. The molecule has 0 atom stereocenters. The van der Waals surface area contributed by atoms with Gasteiger partial charge in [0.15, 0.2) is 5.96 Å². The van der Waals surface area contributed by atoms with Gasteiger partial charge in [0.2, 0.25) is 0 Å². The van der Waals surface area contributed by atoms with Crippen molar-refractivity contribution in [3.05, 3.63) is 29.8 Å². The van der Waals surface area contributed by atoms with E-state index >= 15 is 0 Å². The summed E-state index contributed by atoms with van der Waals surface area (Å²) in [4.78, 5) is 23.1. The summed E-state index contributed by atoms with van der Waals surface area (Å²) < 4.78 is 5.31. The number of carboxylic acid groups (broad SMARTS) is 1. The molecule has 0 aromatic heterocycles. The molecule has 8 heteroatoms. The number of rotatable bonds is 5. The van der Waals surface area contributed by atoms with Crippen LogP contribution in [0, 0.1) is 17.2 Å². The molecular weight excluding hydrogens is 334 g/mol. The monoisotopic (exact) mass is 355 g/mol. The number of hydrogen-bond acceptors (Lipinski definition) is 4. The van der Waals surface area contributed by atoms with Gasteiger partial charge in [0.25, 0.3) is 0 Å². The highest BCUT2D eigenvalue weighted by Gasteiger charge is 2.27. The van der Waals surface area contributed by atoms with Crippen LogP contribution in [0.3, 0.4) is 0 Å². The lowest BCUT2D eigenvalue weighted by Gasteiger charge is -2.27. The van der Waals surface area contributed by atoms with Crippen molar-refractivity contribution in [3.63, 3.8) is 0 Å². The zero-order chi connectivity index (χ0) is 16.8. The highest BCUT2D eigenvalue weighted by Crippen LogP contribution is 2.29. The number of aromatic carboxylic acids is 1. The maximum absolute atomic E-state index is 12.2. The van der Waals surface area contributed by atoms with Crippen molar-refractivity contribution in [2.24, 2.45) is 17.6 Å². The van der Waals surface area contributed by atoms with Crippen LogP contribution in [0.2, 0.25) is 0 Å². The zero-order valence-corrected chi connectivity index (χ0v) is 14.0. The number of benzene rings is 1. The number of carboxylic acids is 1. The molecule has 1 aliphatic carbocycles. The lowest BCUT2D eigenvalue weighted by molar-refractivity contribution is -0.140. The van der Waals surface area contributed by atoms with Gasteiger partial charge in [0.05, 0.1) is 11.5 Å². The van der Waals surface area contributed by atoms with Crippen LogP contribution in [-0.2, 0) is 4.79 Å². The van der Waals surface area contributed by atoms with Crippen molar-refractivity contribution < 1.29 is 19.4 Å². The fourth-order valence-electron chi connectivity index (χ4n) is 2.75. The Morgan fingerprint density at radius 2 is 1.96 bits per heavy atom. The number of hydrogen-bond donors (Lipinski definition) is 4. The first-order valence-electron chi connectivity index (χ1n) is 7.58. The van der Waals surface area contributed by atoms with Gasteiger partial charge in [0, 0.05) is 6.54 Å². The van der Waals surface area contributed by atoms with Gasteiger partial charge < -0.3 is 20.9 Å². The molecule has 2 rings (SSSR count). The summed E-state index contributed by atoms with van der Waals surface area (Å²) >= 11 is 0. The van der Waals surface area contributed by atoms with Crippen molar-refractivity contribution in [2.75, 3.05) is 6.54 Å². The molecule has 7 nitrogen and oxygen atoms in total. The fourth-order valence-corrected chi connectivity index (χ4v) is 2.75. The number of esters is 1. The van der Waals surface area contributed by atoms with E-state index in [0.29, 0.717) is 12.5 Å². The molecular formula is C16H22ClN3O4. The molecule has 0 unspecified atom stereocenters. The first-order chi connectivity index (χ1) is 11.0. The summed E-state index contributed by atoms with van der Waals surface area (Å²) in [6.07, 6.45) is 3.19. The molecule has 0 amide bonds. The number of carbonyl (C=O) groups excluding carboxylic acids is 1. The van der Waals surface area contributed by atoms with Crippen LogP contribution in [0.25, 0.3) is 0 Å². The summed E-state index contributed by atoms with van der Waals surface area (Å²) in [5, 5.41) is 18.9. The van der Waals surface area contributed by atoms with Crippen molar-refractivity contribution >= 4 is 30.3 Å². The van der Waals surface area contributed by atoms with Crippen LogP contribution in [-0.4, -0.2) is 29.5 Å². The van der Waals surface area contributed by atoms with Crippen molar-refractivity contribution in [1.82, 2.24) is 5.32 Å². The Bertz CT molecular complexity index is 601. The number of guanidine groups is 1. The van der Waals surface area contributed by atoms with Crippen LogP contribution >= 0.6 is 12.4 Å².